The molecule has 2 saturated heterocycles. The molecule has 6 heteroatoms. The number of carbonyl (C=O) groups is 2. The van der Waals surface area contributed by atoms with E-state index in [1.165, 1.54) is 4.90 Å². The molecule has 0 aliphatic carbocycles. The van der Waals surface area contributed by atoms with Crippen LogP contribution >= 0.6 is 0 Å². The van der Waals surface area contributed by atoms with E-state index in [2.05, 4.69) is 5.43 Å². The van der Waals surface area contributed by atoms with Gasteiger partial charge in [0.1, 0.15) is 6.04 Å². The monoisotopic (exact) mass is 364 g/mol. The van der Waals surface area contributed by atoms with Crippen molar-refractivity contribution in [2.45, 2.75) is 18.6 Å². The predicted octanol–water partition coefficient (Wildman–Crippen LogP) is 1.80. The number of nitrogens with zero attached hydrogens (tertiary/aromatic N) is 3. The summed E-state index contributed by atoms with van der Waals surface area (Å²) in [6.07, 6.45) is 0. The molecular formula is C21H24N4O2. The second-order valence-electron chi connectivity index (χ2n) is 7.41. The number of hydrazine groups is 1. The van der Waals surface area contributed by atoms with Crippen LogP contribution in [-0.4, -0.2) is 48.9 Å². The van der Waals surface area contributed by atoms with Crippen LogP contribution < -0.4 is 10.3 Å². The summed E-state index contributed by atoms with van der Waals surface area (Å²) in [4.78, 5) is 28.8. The van der Waals surface area contributed by atoms with Gasteiger partial charge < -0.3 is 4.90 Å². The van der Waals surface area contributed by atoms with Crippen molar-refractivity contribution in [2.24, 2.45) is 5.92 Å². The topological polar surface area (TPSA) is 55.9 Å². The van der Waals surface area contributed by atoms with Crippen LogP contribution in [0.15, 0.2) is 54.6 Å². The van der Waals surface area contributed by atoms with E-state index in [9.17, 15) is 9.59 Å². The first-order chi connectivity index (χ1) is 13.0. The molecule has 4 rings (SSSR count). The number of hydrogen-bond acceptors (Lipinski definition) is 5. The minimum Gasteiger partial charge on any atom is -0.378 e. The zero-order valence-corrected chi connectivity index (χ0v) is 15.8. The van der Waals surface area contributed by atoms with E-state index in [-0.39, 0.29) is 17.9 Å². The fourth-order valence-corrected chi connectivity index (χ4v) is 4.00. The summed E-state index contributed by atoms with van der Waals surface area (Å²) in [5, 5.41) is 1.92. The van der Waals surface area contributed by atoms with Gasteiger partial charge >= 0.3 is 0 Å². The number of carbonyl (C=O) groups excluding carboxylic acids is 2. The quantitative estimate of drug-likeness (QED) is 0.839. The van der Waals surface area contributed by atoms with Crippen LogP contribution in [0, 0.1) is 5.92 Å². The summed E-state index contributed by atoms with van der Waals surface area (Å²) in [6, 6.07) is 17.4. The molecule has 140 valence electrons. The number of fused-ring (bicyclic) bond motifs is 1. The molecule has 1 N–H and O–H groups in total. The molecule has 2 amide bonds. The van der Waals surface area contributed by atoms with Crippen molar-refractivity contribution in [3.63, 3.8) is 0 Å². The number of likely N-dealkylation sites (tertiary alicyclic amines) is 1. The molecule has 0 spiro atoms. The first kappa shape index (κ1) is 17.7. The van der Waals surface area contributed by atoms with E-state index in [4.69, 9.17) is 0 Å². The lowest BCUT2D eigenvalue weighted by Crippen LogP contribution is -2.43. The van der Waals surface area contributed by atoms with Crippen LogP contribution in [0.1, 0.15) is 17.2 Å². The maximum atomic E-state index is 12.8. The molecule has 2 aromatic rings. The molecule has 3 atom stereocenters. The van der Waals surface area contributed by atoms with Gasteiger partial charge in [0, 0.05) is 33.4 Å². The van der Waals surface area contributed by atoms with Crippen LogP contribution in [0.3, 0.4) is 0 Å². The average molecular weight is 364 g/mol. The van der Waals surface area contributed by atoms with Gasteiger partial charge in [-0.1, -0.05) is 42.5 Å². The fraction of sp³-hybridized carbons (Fsp3) is 0.333. The summed E-state index contributed by atoms with van der Waals surface area (Å²) in [6.45, 7) is 0.571. The lowest BCUT2D eigenvalue weighted by molar-refractivity contribution is -0.139. The Morgan fingerprint density at radius 3 is 2.26 bits per heavy atom. The standard InChI is InChI=1S/C21H24N4O2/c1-23(2)16-11-9-15(10-12-16)18-17-19(21(27)24(3)20(17)26)25(22-18)13-14-7-5-4-6-8-14/h4-12,17-19,22H,13H2,1-3H3/t17-,18-,19+/m0/s1. The summed E-state index contributed by atoms with van der Waals surface area (Å²) >= 11 is 0. The Kier molecular flexibility index (Phi) is 4.45. The number of likely N-dealkylation sites (N-methyl/N-ethyl adjacent to an activating group) is 1. The Morgan fingerprint density at radius 2 is 1.63 bits per heavy atom. The van der Waals surface area contributed by atoms with Crippen LogP contribution in [0.5, 0.6) is 0 Å². The van der Waals surface area contributed by atoms with Gasteiger partial charge in [0.05, 0.1) is 12.0 Å². The highest BCUT2D eigenvalue weighted by Gasteiger charge is 2.57. The minimum absolute atomic E-state index is 0.116. The third-order valence-electron chi connectivity index (χ3n) is 5.50. The maximum Gasteiger partial charge on any atom is 0.248 e. The summed E-state index contributed by atoms with van der Waals surface area (Å²) in [7, 11) is 5.57. The molecule has 2 fully saturated rings. The number of benzene rings is 2. The summed E-state index contributed by atoms with van der Waals surface area (Å²) in [5.41, 5.74) is 6.65. The Hall–Kier alpha value is -2.70. The first-order valence-corrected chi connectivity index (χ1v) is 9.13. The zero-order chi connectivity index (χ0) is 19.1. The molecule has 0 aromatic heterocycles. The molecule has 0 saturated carbocycles. The molecule has 2 aliphatic heterocycles. The molecule has 0 radical (unpaired) electrons. The number of rotatable bonds is 4. The second kappa shape index (κ2) is 6.79. The third-order valence-corrected chi connectivity index (χ3v) is 5.50. The van der Waals surface area contributed by atoms with Crippen molar-refractivity contribution in [3.05, 3.63) is 65.7 Å². The highest BCUT2D eigenvalue weighted by molar-refractivity contribution is 6.07. The number of anilines is 1. The largest absolute Gasteiger partial charge is 0.378 e. The fourth-order valence-electron chi connectivity index (χ4n) is 4.00. The molecule has 0 bridgehead atoms. The van der Waals surface area contributed by atoms with Gasteiger partial charge in [0.15, 0.2) is 0 Å². The normalized spacial score (nSPS) is 25.1. The maximum absolute atomic E-state index is 12.8. The van der Waals surface area contributed by atoms with E-state index in [1.807, 2.05) is 78.6 Å². The van der Waals surface area contributed by atoms with Gasteiger partial charge in [0.25, 0.3) is 0 Å². The smallest absolute Gasteiger partial charge is 0.248 e. The van der Waals surface area contributed by atoms with Crippen molar-refractivity contribution >= 4 is 17.5 Å². The van der Waals surface area contributed by atoms with Gasteiger partial charge in [0.2, 0.25) is 11.8 Å². The third kappa shape index (κ3) is 3.01. The Labute approximate surface area is 159 Å². The number of nitrogens with one attached hydrogen (secondary N) is 1. The van der Waals surface area contributed by atoms with Crippen molar-refractivity contribution in [1.29, 1.82) is 0 Å². The Bertz CT molecular complexity index is 850. The van der Waals surface area contributed by atoms with E-state index in [1.54, 1.807) is 7.05 Å². The van der Waals surface area contributed by atoms with E-state index in [0.29, 0.717) is 6.54 Å². The number of imide groups is 1. The second-order valence-corrected chi connectivity index (χ2v) is 7.41. The predicted molar refractivity (Wildman–Crippen MR) is 104 cm³/mol. The van der Waals surface area contributed by atoms with Gasteiger partial charge in [-0.15, -0.1) is 0 Å². The van der Waals surface area contributed by atoms with Crippen molar-refractivity contribution < 1.29 is 9.59 Å². The molecule has 6 nitrogen and oxygen atoms in total. The molecule has 27 heavy (non-hydrogen) atoms. The number of hydrogen-bond donors (Lipinski definition) is 1. The Morgan fingerprint density at radius 1 is 0.963 bits per heavy atom. The SMILES string of the molecule is CN1C(=O)[C@H]2[C@H](c3ccc(N(C)C)cc3)NN(Cc3ccccc3)[C@H]2C1=O. The van der Waals surface area contributed by atoms with E-state index < -0.39 is 12.0 Å². The zero-order valence-electron chi connectivity index (χ0n) is 15.8. The lowest BCUT2D eigenvalue weighted by atomic mass is 9.90. The Balaban J connectivity index is 1.66. The van der Waals surface area contributed by atoms with Gasteiger partial charge in [-0.2, -0.15) is 0 Å². The van der Waals surface area contributed by atoms with Crippen molar-refractivity contribution in [1.82, 2.24) is 15.3 Å². The highest BCUT2D eigenvalue weighted by atomic mass is 16.2. The van der Waals surface area contributed by atoms with Crippen LogP contribution in [0.2, 0.25) is 0 Å². The highest BCUT2D eigenvalue weighted by Crippen LogP contribution is 2.40. The minimum atomic E-state index is -0.471. The first-order valence-electron chi connectivity index (χ1n) is 9.13. The van der Waals surface area contributed by atoms with Gasteiger partial charge in [-0.25, -0.2) is 10.4 Å². The van der Waals surface area contributed by atoms with E-state index >= 15 is 0 Å². The van der Waals surface area contributed by atoms with Crippen molar-refractivity contribution in [3.8, 4) is 0 Å². The van der Waals surface area contributed by atoms with Crippen LogP contribution in [0.25, 0.3) is 0 Å². The van der Waals surface area contributed by atoms with Gasteiger partial charge in [-0.3, -0.25) is 14.5 Å². The molecular weight excluding hydrogens is 340 g/mol. The average Bonchev–Trinajstić information content (AvgIpc) is 3.15. The summed E-state index contributed by atoms with van der Waals surface area (Å²) < 4.78 is 0. The van der Waals surface area contributed by atoms with E-state index in [0.717, 1.165) is 16.8 Å². The molecule has 2 aromatic carbocycles. The lowest BCUT2D eigenvalue weighted by Gasteiger charge is -2.24. The summed E-state index contributed by atoms with van der Waals surface area (Å²) in [5.74, 6) is -0.660. The van der Waals surface area contributed by atoms with Crippen LogP contribution in [0.4, 0.5) is 5.69 Å². The number of amides is 2. The molecule has 0 unspecified atom stereocenters. The molecule has 2 heterocycles. The molecule has 2 aliphatic rings. The van der Waals surface area contributed by atoms with Crippen LogP contribution in [-0.2, 0) is 16.1 Å². The van der Waals surface area contributed by atoms with Crippen molar-refractivity contribution in [2.75, 3.05) is 26.0 Å². The van der Waals surface area contributed by atoms with Gasteiger partial charge in [-0.05, 0) is 23.3 Å².